The predicted octanol–water partition coefficient (Wildman–Crippen LogP) is 3.86. The van der Waals surface area contributed by atoms with E-state index in [1.54, 1.807) is 0 Å². The molecule has 120 valence electrons. The number of rotatable bonds is 8. The molecule has 1 atom stereocenters. The summed E-state index contributed by atoms with van der Waals surface area (Å²) in [6.45, 7) is 5.46. The fourth-order valence-corrected chi connectivity index (χ4v) is 3.67. The van der Waals surface area contributed by atoms with Crippen LogP contribution in [0, 0.1) is 5.92 Å². The van der Waals surface area contributed by atoms with Gasteiger partial charge in [0.15, 0.2) is 0 Å². The molecule has 0 amide bonds. The molecule has 0 aliphatic heterocycles. The van der Waals surface area contributed by atoms with E-state index in [1.807, 2.05) is 0 Å². The van der Waals surface area contributed by atoms with E-state index in [4.69, 9.17) is 0 Å². The summed E-state index contributed by atoms with van der Waals surface area (Å²) in [6, 6.07) is 2.89. The summed E-state index contributed by atoms with van der Waals surface area (Å²) in [4.78, 5) is 0. The highest BCUT2D eigenvalue weighted by atomic mass is 15.3. The van der Waals surface area contributed by atoms with Gasteiger partial charge in [-0.3, -0.25) is 4.68 Å². The fourth-order valence-electron chi connectivity index (χ4n) is 3.67. The lowest BCUT2D eigenvalue weighted by Gasteiger charge is -2.24. The molecule has 1 saturated carbocycles. The van der Waals surface area contributed by atoms with Crippen molar-refractivity contribution in [3.63, 3.8) is 0 Å². The van der Waals surface area contributed by atoms with Gasteiger partial charge in [-0.1, -0.05) is 46.0 Å². The fraction of sp³-hybridized carbons (Fsp3) is 0.833. The highest BCUT2D eigenvalue weighted by Crippen LogP contribution is 2.28. The summed E-state index contributed by atoms with van der Waals surface area (Å²) in [7, 11) is 2.08. The second-order valence-corrected chi connectivity index (χ2v) is 6.64. The van der Waals surface area contributed by atoms with Gasteiger partial charge in [-0.05, 0) is 37.8 Å². The number of likely N-dealkylation sites (N-methyl/N-ethyl adjacent to an activating group) is 1. The first kappa shape index (κ1) is 16.5. The Balaban J connectivity index is 1.86. The highest BCUT2D eigenvalue weighted by Gasteiger charge is 2.17. The van der Waals surface area contributed by atoms with Gasteiger partial charge in [-0.15, -0.1) is 0 Å². The standard InChI is InChI=1S/C18H33N3/c1-4-16-13-18(21(3)20-16)14-17(19-5-2)12-11-15-9-7-6-8-10-15/h13,15,17,19H,4-12,14H2,1-3H3. The molecule has 1 N–H and O–H groups in total. The summed E-state index contributed by atoms with van der Waals surface area (Å²) in [6.07, 6.45) is 12.2. The van der Waals surface area contributed by atoms with E-state index in [1.165, 1.54) is 56.3 Å². The van der Waals surface area contributed by atoms with Crippen LogP contribution in [0.4, 0.5) is 0 Å². The molecule has 0 saturated heterocycles. The molecule has 0 radical (unpaired) electrons. The van der Waals surface area contributed by atoms with Gasteiger partial charge in [-0.2, -0.15) is 5.10 Å². The number of aryl methyl sites for hydroxylation is 2. The van der Waals surface area contributed by atoms with Gasteiger partial charge < -0.3 is 5.32 Å². The molecule has 1 aromatic rings. The van der Waals surface area contributed by atoms with Crippen molar-refractivity contribution in [2.24, 2.45) is 13.0 Å². The molecular formula is C18H33N3. The zero-order valence-electron chi connectivity index (χ0n) is 14.2. The summed E-state index contributed by atoms with van der Waals surface area (Å²) in [5, 5.41) is 8.27. The van der Waals surface area contributed by atoms with Crippen molar-refractivity contribution in [2.75, 3.05) is 6.54 Å². The van der Waals surface area contributed by atoms with Crippen LogP contribution in [-0.4, -0.2) is 22.4 Å². The number of aromatic nitrogens is 2. The molecule has 1 aromatic heterocycles. The normalized spacial score (nSPS) is 18.0. The Labute approximate surface area is 130 Å². The highest BCUT2D eigenvalue weighted by molar-refractivity contribution is 5.11. The molecule has 0 aromatic carbocycles. The van der Waals surface area contributed by atoms with Crippen LogP contribution in [0.5, 0.6) is 0 Å². The minimum absolute atomic E-state index is 0.608. The predicted molar refractivity (Wildman–Crippen MR) is 89.6 cm³/mol. The lowest BCUT2D eigenvalue weighted by molar-refractivity contribution is 0.312. The van der Waals surface area contributed by atoms with Gasteiger partial charge in [0.1, 0.15) is 0 Å². The van der Waals surface area contributed by atoms with E-state index in [9.17, 15) is 0 Å². The maximum atomic E-state index is 4.58. The average molecular weight is 291 g/mol. The van der Waals surface area contributed by atoms with E-state index >= 15 is 0 Å². The van der Waals surface area contributed by atoms with Crippen LogP contribution in [0.3, 0.4) is 0 Å². The van der Waals surface area contributed by atoms with Crippen molar-refractivity contribution in [2.45, 2.75) is 77.7 Å². The van der Waals surface area contributed by atoms with Crippen molar-refractivity contribution in [3.05, 3.63) is 17.5 Å². The van der Waals surface area contributed by atoms with Crippen LogP contribution in [0.25, 0.3) is 0 Å². The van der Waals surface area contributed by atoms with Gasteiger partial charge >= 0.3 is 0 Å². The summed E-state index contributed by atoms with van der Waals surface area (Å²) >= 11 is 0. The third-order valence-electron chi connectivity index (χ3n) is 4.99. The Bertz CT molecular complexity index is 405. The Morgan fingerprint density at radius 3 is 2.67 bits per heavy atom. The molecule has 2 rings (SSSR count). The average Bonchev–Trinajstić information content (AvgIpc) is 2.86. The molecular weight excluding hydrogens is 258 g/mol. The van der Waals surface area contributed by atoms with Gasteiger partial charge in [-0.25, -0.2) is 0 Å². The Kier molecular flexibility index (Phi) is 6.75. The van der Waals surface area contributed by atoms with Gasteiger partial charge in [0.2, 0.25) is 0 Å². The summed E-state index contributed by atoms with van der Waals surface area (Å²) < 4.78 is 2.07. The summed E-state index contributed by atoms with van der Waals surface area (Å²) in [5.41, 5.74) is 2.59. The molecule has 1 fully saturated rings. The molecule has 1 aliphatic carbocycles. The smallest absolute Gasteiger partial charge is 0.0624 e. The lowest BCUT2D eigenvalue weighted by Crippen LogP contribution is -2.32. The Morgan fingerprint density at radius 2 is 2.05 bits per heavy atom. The molecule has 0 spiro atoms. The van der Waals surface area contributed by atoms with Crippen molar-refractivity contribution in [1.82, 2.24) is 15.1 Å². The quantitative estimate of drug-likeness (QED) is 0.788. The zero-order valence-corrected chi connectivity index (χ0v) is 14.2. The third-order valence-corrected chi connectivity index (χ3v) is 4.99. The van der Waals surface area contributed by atoms with Gasteiger partial charge in [0.25, 0.3) is 0 Å². The van der Waals surface area contributed by atoms with Crippen molar-refractivity contribution in [1.29, 1.82) is 0 Å². The SMILES string of the molecule is CCNC(CCC1CCCCC1)Cc1cc(CC)nn1C. The van der Waals surface area contributed by atoms with Crippen LogP contribution in [0.1, 0.15) is 70.2 Å². The minimum Gasteiger partial charge on any atom is -0.314 e. The van der Waals surface area contributed by atoms with E-state index < -0.39 is 0 Å². The number of hydrogen-bond donors (Lipinski definition) is 1. The molecule has 0 bridgehead atoms. The molecule has 1 aliphatic rings. The topological polar surface area (TPSA) is 29.9 Å². The van der Waals surface area contributed by atoms with Crippen LogP contribution < -0.4 is 5.32 Å². The van der Waals surface area contributed by atoms with Crippen molar-refractivity contribution < 1.29 is 0 Å². The largest absolute Gasteiger partial charge is 0.314 e. The minimum atomic E-state index is 0.608. The Morgan fingerprint density at radius 1 is 1.29 bits per heavy atom. The maximum Gasteiger partial charge on any atom is 0.0624 e. The van der Waals surface area contributed by atoms with Gasteiger partial charge in [0.05, 0.1) is 5.69 Å². The lowest BCUT2D eigenvalue weighted by atomic mass is 9.85. The van der Waals surface area contributed by atoms with Crippen molar-refractivity contribution in [3.8, 4) is 0 Å². The molecule has 3 heteroatoms. The monoisotopic (exact) mass is 291 g/mol. The van der Waals surface area contributed by atoms with Gasteiger partial charge in [0, 0.05) is 25.2 Å². The number of hydrogen-bond acceptors (Lipinski definition) is 2. The van der Waals surface area contributed by atoms with Crippen LogP contribution >= 0.6 is 0 Å². The van der Waals surface area contributed by atoms with E-state index in [0.717, 1.165) is 25.3 Å². The second-order valence-electron chi connectivity index (χ2n) is 6.64. The first-order valence-corrected chi connectivity index (χ1v) is 8.98. The molecule has 3 nitrogen and oxygen atoms in total. The maximum absolute atomic E-state index is 4.58. The second kappa shape index (κ2) is 8.57. The van der Waals surface area contributed by atoms with Crippen molar-refractivity contribution >= 4 is 0 Å². The van der Waals surface area contributed by atoms with E-state index in [-0.39, 0.29) is 0 Å². The summed E-state index contributed by atoms with van der Waals surface area (Å²) in [5.74, 6) is 0.984. The van der Waals surface area contributed by atoms with E-state index in [2.05, 4.69) is 42.1 Å². The van der Waals surface area contributed by atoms with E-state index in [0.29, 0.717) is 6.04 Å². The van der Waals surface area contributed by atoms with Crippen LogP contribution in [-0.2, 0) is 19.9 Å². The zero-order chi connectivity index (χ0) is 15.1. The number of nitrogens with zero attached hydrogens (tertiary/aromatic N) is 2. The third kappa shape index (κ3) is 5.14. The number of nitrogens with one attached hydrogen (secondary N) is 1. The molecule has 21 heavy (non-hydrogen) atoms. The first-order valence-electron chi connectivity index (χ1n) is 8.98. The van der Waals surface area contributed by atoms with Crippen LogP contribution in [0.15, 0.2) is 6.07 Å². The first-order chi connectivity index (χ1) is 10.2. The molecule has 1 unspecified atom stereocenters. The van der Waals surface area contributed by atoms with Crippen LogP contribution in [0.2, 0.25) is 0 Å². The molecule has 1 heterocycles. The Hall–Kier alpha value is -0.830.